The molecule has 1 aromatic rings. The summed E-state index contributed by atoms with van der Waals surface area (Å²) in [6.45, 7) is 6.05. The lowest BCUT2D eigenvalue weighted by Gasteiger charge is -2.15. The van der Waals surface area contributed by atoms with Gasteiger partial charge in [-0.2, -0.15) is 5.26 Å². The smallest absolute Gasteiger partial charge is 0.339 e. The molecule has 0 aliphatic heterocycles. The molecule has 1 rings (SSSR count). The van der Waals surface area contributed by atoms with Crippen LogP contribution in [0, 0.1) is 23.7 Å². The van der Waals surface area contributed by atoms with Gasteiger partial charge < -0.3 is 9.84 Å². The third kappa shape index (κ3) is 4.63. The highest BCUT2D eigenvalue weighted by Gasteiger charge is 2.16. The van der Waals surface area contributed by atoms with Gasteiger partial charge in [-0.15, -0.1) is 0 Å². The fourth-order valence-electron chi connectivity index (χ4n) is 1.68. The van der Waals surface area contributed by atoms with Crippen molar-refractivity contribution in [3.8, 4) is 11.8 Å². The molecule has 0 spiro atoms. The van der Waals surface area contributed by atoms with Crippen molar-refractivity contribution >= 4 is 5.97 Å². The van der Waals surface area contributed by atoms with Gasteiger partial charge in [-0.05, 0) is 51.3 Å². The van der Waals surface area contributed by atoms with Gasteiger partial charge in [-0.25, -0.2) is 4.79 Å². The van der Waals surface area contributed by atoms with Crippen LogP contribution in [0.5, 0.6) is 5.75 Å². The third-order valence-electron chi connectivity index (χ3n) is 2.87. The average Bonchev–Trinajstić information content (AvgIpc) is 2.34. The van der Waals surface area contributed by atoms with Gasteiger partial charge in [-0.1, -0.05) is 6.07 Å². The van der Waals surface area contributed by atoms with Gasteiger partial charge >= 0.3 is 5.97 Å². The van der Waals surface area contributed by atoms with E-state index in [9.17, 15) is 4.79 Å². The molecule has 0 aliphatic carbocycles. The zero-order valence-corrected chi connectivity index (χ0v) is 11.6. The minimum Gasteiger partial charge on any atom is -0.493 e. The van der Waals surface area contributed by atoms with E-state index >= 15 is 0 Å². The molecular weight excluding hydrogens is 242 g/mol. The fraction of sp³-hybridized carbons (Fsp3) is 0.467. The van der Waals surface area contributed by atoms with Crippen LogP contribution >= 0.6 is 0 Å². The number of hydrogen-bond donors (Lipinski definition) is 1. The largest absolute Gasteiger partial charge is 0.493 e. The first kappa shape index (κ1) is 15.0. The first-order valence-electron chi connectivity index (χ1n) is 6.24. The number of aromatic carboxylic acids is 1. The van der Waals surface area contributed by atoms with Crippen LogP contribution in [0.15, 0.2) is 18.2 Å². The fourth-order valence-corrected chi connectivity index (χ4v) is 1.68. The highest BCUT2D eigenvalue weighted by molar-refractivity contribution is 5.90. The molecule has 1 aromatic carbocycles. The highest BCUT2D eigenvalue weighted by Crippen LogP contribution is 2.23. The van der Waals surface area contributed by atoms with Crippen molar-refractivity contribution in [3.63, 3.8) is 0 Å². The molecule has 0 radical (unpaired) electrons. The van der Waals surface area contributed by atoms with Gasteiger partial charge in [0.15, 0.2) is 0 Å². The molecule has 0 aliphatic rings. The van der Waals surface area contributed by atoms with Crippen molar-refractivity contribution in [1.29, 1.82) is 5.26 Å². The van der Waals surface area contributed by atoms with Crippen LogP contribution in [0.3, 0.4) is 0 Å². The Morgan fingerprint density at radius 2 is 2.16 bits per heavy atom. The normalized spacial score (nSPS) is 10.8. The number of rotatable bonds is 6. The van der Waals surface area contributed by atoms with Gasteiger partial charge in [0.25, 0.3) is 0 Å². The van der Waals surface area contributed by atoms with Crippen LogP contribution in [0.4, 0.5) is 0 Å². The number of carboxylic acids is 1. The second-order valence-electron chi connectivity index (χ2n) is 5.25. The van der Waals surface area contributed by atoms with E-state index in [1.807, 2.05) is 20.8 Å². The summed E-state index contributed by atoms with van der Waals surface area (Å²) in [5.41, 5.74) is 0.758. The van der Waals surface area contributed by atoms with E-state index in [1.165, 1.54) is 0 Å². The minimum atomic E-state index is -0.993. The van der Waals surface area contributed by atoms with Gasteiger partial charge in [-0.3, -0.25) is 0 Å². The molecule has 102 valence electrons. The number of carbonyl (C=O) groups is 1. The molecule has 0 bridgehead atoms. The molecule has 4 heteroatoms. The summed E-state index contributed by atoms with van der Waals surface area (Å²) in [6.07, 6.45) is 1.44. The van der Waals surface area contributed by atoms with Gasteiger partial charge in [0, 0.05) is 0 Å². The minimum absolute atomic E-state index is 0.171. The van der Waals surface area contributed by atoms with Crippen LogP contribution in [-0.2, 0) is 0 Å². The van der Waals surface area contributed by atoms with Crippen molar-refractivity contribution in [2.24, 2.45) is 5.41 Å². The summed E-state index contributed by atoms with van der Waals surface area (Å²) < 4.78 is 5.53. The number of carboxylic acid groups (broad SMARTS) is 1. The van der Waals surface area contributed by atoms with E-state index in [0.29, 0.717) is 18.8 Å². The van der Waals surface area contributed by atoms with E-state index in [4.69, 9.17) is 15.1 Å². The Morgan fingerprint density at radius 1 is 1.47 bits per heavy atom. The summed E-state index contributed by atoms with van der Waals surface area (Å²) in [5, 5.41) is 18.0. The zero-order chi connectivity index (χ0) is 14.5. The molecule has 0 aromatic heterocycles. The van der Waals surface area contributed by atoms with E-state index < -0.39 is 5.97 Å². The molecule has 0 saturated carbocycles. The first-order chi connectivity index (χ1) is 8.85. The molecule has 0 amide bonds. The number of benzene rings is 1. The second kappa shape index (κ2) is 6.24. The quantitative estimate of drug-likeness (QED) is 0.797. The SMILES string of the molecule is Cc1ccc(C(=O)O)c(OCCCC(C)(C)C#N)c1. The lowest BCUT2D eigenvalue weighted by Crippen LogP contribution is -2.11. The summed E-state index contributed by atoms with van der Waals surface area (Å²) in [4.78, 5) is 11.0. The Bertz CT molecular complexity index is 501. The molecule has 0 heterocycles. The van der Waals surface area contributed by atoms with Crippen molar-refractivity contribution in [1.82, 2.24) is 0 Å². The molecule has 0 atom stereocenters. The van der Waals surface area contributed by atoms with E-state index in [2.05, 4.69) is 6.07 Å². The van der Waals surface area contributed by atoms with Crippen LogP contribution in [0.25, 0.3) is 0 Å². The van der Waals surface area contributed by atoms with Gasteiger partial charge in [0.1, 0.15) is 11.3 Å². The van der Waals surface area contributed by atoms with Crippen LogP contribution < -0.4 is 4.74 Å². The molecule has 0 fully saturated rings. The van der Waals surface area contributed by atoms with Gasteiger partial charge in [0.05, 0.1) is 18.1 Å². The van der Waals surface area contributed by atoms with Crippen molar-refractivity contribution in [2.75, 3.05) is 6.61 Å². The summed E-state index contributed by atoms with van der Waals surface area (Å²) in [7, 11) is 0. The Balaban J connectivity index is 2.61. The van der Waals surface area contributed by atoms with Crippen LogP contribution in [0.1, 0.15) is 42.6 Å². The van der Waals surface area contributed by atoms with Gasteiger partial charge in [0.2, 0.25) is 0 Å². The van der Waals surface area contributed by atoms with E-state index in [-0.39, 0.29) is 11.0 Å². The zero-order valence-electron chi connectivity index (χ0n) is 11.6. The molecule has 0 unspecified atom stereocenters. The number of ether oxygens (including phenoxy) is 1. The second-order valence-corrected chi connectivity index (χ2v) is 5.25. The first-order valence-corrected chi connectivity index (χ1v) is 6.24. The maximum Gasteiger partial charge on any atom is 0.339 e. The molecule has 19 heavy (non-hydrogen) atoms. The lowest BCUT2D eigenvalue weighted by molar-refractivity contribution is 0.0692. The molecule has 0 saturated heterocycles. The predicted octanol–water partition coefficient (Wildman–Crippen LogP) is 3.40. The van der Waals surface area contributed by atoms with Crippen molar-refractivity contribution < 1.29 is 14.6 Å². The monoisotopic (exact) mass is 261 g/mol. The van der Waals surface area contributed by atoms with Crippen molar-refractivity contribution in [2.45, 2.75) is 33.6 Å². The van der Waals surface area contributed by atoms with E-state index in [0.717, 1.165) is 12.0 Å². The molecule has 1 N–H and O–H groups in total. The number of nitrogens with zero attached hydrogens (tertiary/aromatic N) is 1. The standard InChI is InChI=1S/C15H19NO3/c1-11-5-6-12(14(17)18)13(9-11)19-8-4-7-15(2,3)10-16/h5-6,9H,4,7-8H2,1-3H3,(H,17,18). The maximum absolute atomic E-state index is 11.0. The number of nitriles is 1. The maximum atomic E-state index is 11.0. The highest BCUT2D eigenvalue weighted by atomic mass is 16.5. The average molecular weight is 261 g/mol. The van der Waals surface area contributed by atoms with Crippen molar-refractivity contribution in [3.05, 3.63) is 29.3 Å². The Kier molecular flexibility index (Phi) is 4.94. The van der Waals surface area contributed by atoms with Crippen LogP contribution in [0.2, 0.25) is 0 Å². The summed E-state index contributed by atoms with van der Waals surface area (Å²) in [5.74, 6) is -0.602. The van der Waals surface area contributed by atoms with E-state index in [1.54, 1.807) is 18.2 Å². The number of hydrogen-bond acceptors (Lipinski definition) is 3. The lowest BCUT2D eigenvalue weighted by atomic mass is 9.90. The topological polar surface area (TPSA) is 70.3 Å². The Labute approximate surface area is 113 Å². The van der Waals surface area contributed by atoms with Crippen LogP contribution in [-0.4, -0.2) is 17.7 Å². The molecule has 4 nitrogen and oxygen atoms in total. The predicted molar refractivity (Wildman–Crippen MR) is 72.3 cm³/mol. The third-order valence-corrected chi connectivity index (χ3v) is 2.87. The number of aryl methyl sites for hydroxylation is 1. The Hall–Kier alpha value is -2.02. The molecular formula is C15H19NO3. The summed E-state index contributed by atoms with van der Waals surface area (Å²) in [6, 6.07) is 7.24. The summed E-state index contributed by atoms with van der Waals surface area (Å²) >= 11 is 0. The Morgan fingerprint density at radius 3 is 2.74 bits per heavy atom.